The maximum Gasteiger partial charge on any atom is 0.234 e. The first-order valence-corrected chi connectivity index (χ1v) is 8.09. The van der Waals surface area contributed by atoms with E-state index in [2.05, 4.69) is 25.3 Å². The third kappa shape index (κ3) is 4.79. The fourth-order valence-corrected chi connectivity index (χ4v) is 2.87. The van der Waals surface area contributed by atoms with Gasteiger partial charge in [0.05, 0.1) is 18.8 Å². The molecule has 7 heteroatoms. The van der Waals surface area contributed by atoms with Gasteiger partial charge in [-0.2, -0.15) is 5.10 Å². The average molecular weight is 307 g/mol. The number of hydrogen-bond acceptors (Lipinski definition) is 5. The summed E-state index contributed by atoms with van der Waals surface area (Å²) in [6.07, 6.45) is 6.48. The van der Waals surface area contributed by atoms with E-state index in [0.29, 0.717) is 25.7 Å². The van der Waals surface area contributed by atoms with Gasteiger partial charge in [-0.15, -0.1) is 0 Å². The van der Waals surface area contributed by atoms with Crippen molar-refractivity contribution in [1.82, 2.24) is 25.3 Å². The standard InChI is InChI=1S/C15H25N5O2/c21-14-9-19(4-3-12-7-16-17-8-12)5-6-20(10-14)11-15(22)18-13-1-2-13/h7-8,13-14,21H,1-6,9-11H2,(H,16,17)(H,18,22)/t14-/m1/s1. The van der Waals surface area contributed by atoms with Crippen molar-refractivity contribution in [2.45, 2.75) is 31.4 Å². The number of aromatic amines is 1. The Morgan fingerprint density at radius 3 is 2.86 bits per heavy atom. The van der Waals surface area contributed by atoms with Crippen LogP contribution in [0.3, 0.4) is 0 Å². The second-order valence-corrected chi connectivity index (χ2v) is 6.39. The van der Waals surface area contributed by atoms with Crippen molar-refractivity contribution < 1.29 is 9.90 Å². The minimum atomic E-state index is -0.402. The van der Waals surface area contributed by atoms with Crippen LogP contribution < -0.4 is 5.32 Å². The highest BCUT2D eigenvalue weighted by Gasteiger charge is 2.26. The number of carbonyl (C=O) groups excluding carboxylic acids is 1. The molecular formula is C15H25N5O2. The zero-order valence-corrected chi connectivity index (χ0v) is 12.9. The summed E-state index contributed by atoms with van der Waals surface area (Å²) in [6, 6.07) is 0.399. The number of nitrogens with zero attached hydrogens (tertiary/aromatic N) is 3. The van der Waals surface area contributed by atoms with Crippen LogP contribution in [-0.4, -0.2) is 82.4 Å². The van der Waals surface area contributed by atoms with Gasteiger partial charge in [-0.25, -0.2) is 0 Å². The monoisotopic (exact) mass is 307 g/mol. The first-order chi connectivity index (χ1) is 10.7. The molecule has 1 atom stereocenters. The van der Waals surface area contributed by atoms with Crippen LogP contribution >= 0.6 is 0 Å². The normalized spacial score (nSPS) is 24.1. The van der Waals surface area contributed by atoms with Gasteiger partial charge in [0.25, 0.3) is 0 Å². The Labute approximate surface area is 130 Å². The number of carbonyl (C=O) groups is 1. The molecule has 0 bridgehead atoms. The van der Waals surface area contributed by atoms with Crippen LogP contribution in [0.15, 0.2) is 12.4 Å². The number of hydrogen-bond donors (Lipinski definition) is 3. The summed E-state index contributed by atoms with van der Waals surface area (Å²) < 4.78 is 0. The molecular weight excluding hydrogens is 282 g/mol. The maximum atomic E-state index is 11.9. The molecule has 0 aromatic carbocycles. The van der Waals surface area contributed by atoms with Crippen LogP contribution in [0.5, 0.6) is 0 Å². The van der Waals surface area contributed by atoms with Crippen LogP contribution in [0.1, 0.15) is 18.4 Å². The first kappa shape index (κ1) is 15.5. The number of amides is 1. The molecule has 7 nitrogen and oxygen atoms in total. The SMILES string of the molecule is O=C(CN1CCN(CCc2cn[nH]c2)C[C@@H](O)C1)NC1CC1. The number of aliphatic hydroxyl groups excluding tert-OH is 1. The van der Waals surface area contributed by atoms with Crippen LogP contribution in [-0.2, 0) is 11.2 Å². The lowest BCUT2D eigenvalue weighted by Crippen LogP contribution is -2.41. The van der Waals surface area contributed by atoms with Gasteiger partial charge in [-0.05, 0) is 24.8 Å². The highest BCUT2D eigenvalue weighted by atomic mass is 16.3. The van der Waals surface area contributed by atoms with Crippen molar-refractivity contribution in [2.24, 2.45) is 0 Å². The Morgan fingerprint density at radius 2 is 2.14 bits per heavy atom. The van der Waals surface area contributed by atoms with Gasteiger partial charge in [-0.1, -0.05) is 0 Å². The van der Waals surface area contributed by atoms with Crippen molar-refractivity contribution in [3.05, 3.63) is 18.0 Å². The molecule has 1 aliphatic carbocycles. The van der Waals surface area contributed by atoms with Crippen molar-refractivity contribution in [2.75, 3.05) is 39.3 Å². The molecule has 1 aromatic heterocycles. The van der Waals surface area contributed by atoms with E-state index in [-0.39, 0.29) is 5.91 Å². The highest BCUT2D eigenvalue weighted by Crippen LogP contribution is 2.18. The molecule has 1 saturated carbocycles. The van der Waals surface area contributed by atoms with E-state index >= 15 is 0 Å². The van der Waals surface area contributed by atoms with Gasteiger partial charge in [0.15, 0.2) is 0 Å². The Kier molecular flexibility index (Phi) is 5.07. The Hall–Kier alpha value is -1.44. The summed E-state index contributed by atoms with van der Waals surface area (Å²) in [7, 11) is 0. The topological polar surface area (TPSA) is 84.5 Å². The van der Waals surface area contributed by atoms with E-state index in [1.807, 2.05) is 12.4 Å². The van der Waals surface area contributed by atoms with E-state index in [0.717, 1.165) is 38.9 Å². The molecule has 0 unspecified atom stereocenters. The Bertz CT molecular complexity index is 474. The number of aromatic nitrogens is 2. The lowest BCUT2D eigenvalue weighted by molar-refractivity contribution is -0.122. The lowest BCUT2D eigenvalue weighted by atomic mass is 10.2. The number of H-pyrrole nitrogens is 1. The number of β-amino-alcohol motifs (C(OH)–C–C–N with tert-alkyl or cyclic N) is 1. The molecule has 0 radical (unpaired) electrons. The molecule has 1 saturated heterocycles. The third-order valence-electron chi connectivity index (χ3n) is 4.25. The Balaban J connectivity index is 1.43. The molecule has 122 valence electrons. The molecule has 22 heavy (non-hydrogen) atoms. The van der Waals surface area contributed by atoms with Crippen LogP contribution in [0.4, 0.5) is 0 Å². The zero-order chi connectivity index (χ0) is 15.4. The summed E-state index contributed by atoms with van der Waals surface area (Å²) >= 11 is 0. The summed E-state index contributed by atoms with van der Waals surface area (Å²) in [5.74, 6) is 0.0848. The second kappa shape index (κ2) is 7.21. The molecule has 3 rings (SSSR count). The van der Waals surface area contributed by atoms with E-state index in [9.17, 15) is 9.90 Å². The van der Waals surface area contributed by atoms with Gasteiger partial charge < -0.3 is 10.4 Å². The van der Waals surface area contributed by atoms with Crippen LogP contribution in [0, 0.1) is 0 Å². The number of aliphatic hydroxyl groups is 1. The fourth-order valence-electron chi connectivity index (χ4n) is 2.87. The minimum absolute atomic E-state index is 0.0848. The molecule has 1 aromatic rings. The summed E-state index contributed by atoms with van der Waals surface area (Å²) in [4.78, 5) is 16.2. The predicted octanol–water partition coefficient (Wildman–Crippen LogP) is -0.791. The van der Waals surface area contributed by atoms with E-state index in [4.69, 9.17) is 0 Å². The summed E-state index contributed by atoms with van der Waals surface area (Å²) in [5, 5.41) is 19.9. The molecule has 3 N–H and O–H groups in total. The number of rotatable bonds is 6. The molecule has 2 aliphatic rings. The largest absolute Gasteiger partial charge is 0.390 e. The highest BCUT2D eigenvalue weighted by molar-refractivity contribution is 5.78. The number of nitrogens with one attached hydrogen (secondary N) is 2. The molecule has 1 aliphatic heterocycles. The van der Waals surface area contributed by atoms with Gasteiger partial charge in [0.2, 0.25) is 5.91 Å². The molecule has 1 amide bonds. The van der Waals surface area contributed by atoms with Crippen molar-refractivity contribution in [3.63, 3.8) is 0 Å². The first-order valence-electron chi connectivity index (χ1n) is 8.09. The van der Waals surface area contributed by atoms with E-state index in [1.54, 1.807) is 0 Å². The molecule has 0 spiro atoms. The smallest absolute Gasteiger partial charge is 0.234 e. The van der Waals surface area contributed by atoms with E-state index in [1.165, 1.54) is 5.56 Å². The lowest BCUT2D eigenvalue weighted by Gasteiger charge is -2.21. The minimum Gasteiger partial charge on any atom is -0.390 e. The second-order valence-electron chi connectivity index (χ2n) is 6.39. The summed E-state index contributed by atoms with van der Waals surface area (Å²) in [5.41, 5.74) is 1.18. The van der Waals surface area contributed by atoms with Gasteiger partial charge in [0.1, 0.15) is 0 Å². The molecule has 2 heterocycles. The summed E-state index contributed by atoms with van der Waals surface area (Å²) in [6.45, 7) is 4.23. The Morgan fingerprint density at radius 1 is 1.36 bits per heavy atom. The van der Waals surface area contributed by atoms with E-state index < -0.39 is 6.10 Å². The third-order valence-corrected chi connectivity index (χ3v) is 4.25. The van der Waals surface area contributed by atoms with Gasteiger partial charge in [-0.3, -0.25) is 19.7 Å². The van der Waals surface area contributed by atoms with Crippen molar-refractivity contribution in [1.29, 1.82) is 0 Å². The maximum absolute atomic E-state index is 11.9. The van der Waals surface area contributed by atoms with Crippen molar-refractivity contribution >= 4 is 5.91 Å². The van der Waals surface area contributed by atoms with Crippen molar-refractivity contribution in [3.8, 4) is 0 Å². The fraction of sp³-hybridized carbons (Fsp3) is 0.733. The zero-order valence-electron chi connectivity index (χ0n) is 12.9. The van der Waals surface area contributed by atoms with Crippen LogP contribution in [0.2, 0.25) is 0 Å². The van der Waals surface area contributed by atoms with Gasteiger partial charge in [0, 0.05) is 45.0 Å². The van der Waals surface area contributed by atoms with Crippen LogP contribution in [0.25, 0.3) is 0 Å². The predicted molar refractivity (Wildman–Crippen MR) is 82.3 cm³/mol. The van der Waals surface area contributed by atoms with Gasteiger partial charge >= 0.3 is 0 Å². The molecule has 2 fully saturated rings. The average Bonchev–Trinajstić information content (AvgIpc) is 3.16. The quantitative estimate of drug-likeness (QED) is 0.641.